The maximum atomic E-state index is 12.8. The number of nitrogens with one attached hydrogen (secondary N) is 1. The Morgan fingerprint density at radius 2 is 1.92 bits per heavy atom. The molecule has 0 radical (unpaired) electrons. The van der Waals surface area contributed by atoms with E-state index in [-0.39, 0.29) is 5.91 Å². The molecule has 0 bridgehead atoms. The van der Waals surface area contributed by atoms with Crippen molar-refractivity contribution in [1.82, 2.24) is 10.4 Å². The lowest BCUT2D eigenvalue weighted by Gasteiger charge is -2.12. The summed E-state index contributed by atoms with van der Waals surface area (Å²) < 4.78 is 0. The van der Waals surface area contributed by atoms with E-state index in [1.165, 1.54) is 6.42 Å². The van der Waals surface area contributed by atoms with Crippen LogP contribution in [-0.2, 0) is 0 Å². The van der Waals surface area contributed by atoms with Crippen LogP contribution in [0.25, 0.3) is 21.5 Å². The van der Waals surface area contributed by atoms with Crippen LogP contribution in [0.2, 0.25) is 0 Å². The highest BCUT2D eigenvalue weighted by Gasteiger charge is 2.15. The third-order valence-electron chi connectivity index (χ3n) is 4.48. The molecule has 4 nitrogen and oxygen atoms in total. The molecule has 1 aliphatic carbocycles. The highest BCUT2D eigenvalue weighted by atomic mass is 32.1. The van der Waals surface area contributed by atoms with Gasteiger partial charge in [-0.05, 0) is 49.3 Å². The Hall–Kier alpha value is -2.53. The zero-order chi connectivity index (χ0) is 17.1. The van der Waals surface area contributed by atoms with Crippen molar-refractivity contribution < 1.29 is 4.79 Å². The average molecular weight is 349 g/mol. The highest BCUT2D eigenvalue weighted by Crippen LogP contribution is 2.27. The number of hydrogen-bond donors (Lipinski definition) is 1. The number of fused-ring (bicyclic) bond motifs is 1. The van der Waals surface area contributed by atoms with Gasteiger partial charge in [-0.3, -0.25) is 4.79 Å². The topological polar surface area (TPSA) is 54.4 Å². The summed E-state index contributed by atoms with van der Waals surface area (Å²) in [5.74, 6) is -0.172. The molecule has 1 amide bonds. The second kappa shape index (κ2) is 7.15. The molecule has 1 saturated carbocycles. The summed E-state index contributed by atoms with van der Waals surface area (Å²) in [6, 6.07) is 13.6. The van der Waals surface area contributed by atoms with Gasteiger partial charge >= 0.3 is 0 Å². The largest absolute Gasteiger partial charge is 0.272 e. The lowest BCUT2D eigenvalue weighted by Crippen LogP contribution is -2.21. The number of rotatable bonds is 3. The van der Waals surface area contributed by atoms with Crippen LogP contribution in [0.4, 0.5) is 0 Å². The van der Waals surface area contributed by atoms with Crippen molar-refractivity contribution >= 4 is 33.9 Å². The quantitative estimate of drug-likeness (QED) is 0.676. The van der Waals surface area contributed by atoms with Gasteiger partial charge in [-0.15, -0.1) is 11.3 Å². The van der Waals surface area contributed by atoms with Gasteiger partial charge in [-0.25, -0.2) is 10.4 Å². The first-order valence-electron chi connectivity index (χ1n) is 8.61. The van der Waals surface area contributed by atoms with Crippen LogP contribution in [0.15, 0.2) is 52.9 Å². The number of thiophene rings is 1. The first kappa shape index (κ1) is 16.0. The summed E-state index contributed by atoms with van der Waals surface area (Å²) in [6.45, 7) is 0. The van der Waals surface area contributed by atoms with Gasteiger partial charge in [0.2, 0.25) is 0 Å². The molecule has 3 aromatic rings. The van der Waals surface area contributed by atoms with Crippen molar-refractivity contribution in [1.29, 1.82) is 0 Å². The Morgan fingerprint density at radius 3 is 2.72 bits per heavy atom. The Bertz CT molecular complexity index is 923. The zero-order valence-electron chi connectivity index (χ0n) is 13.9. The minimum atomic E-state index is -0.172. The Balaban J connectivity index is 1.70. The second-order valence-corrected chi connectivity index (χ2v) is 7.18. The number of carbonyl (C=O) groups is 1. The number of aromatic nitrogens is 1. The molecule has 1 aliphatic rings. The predicted molar refractivity (Wildman–Crippen MR) is 103 cm³/mol. The molecule has 2 aromatic heterocycles. The molecule has 0 spiro atoms. The van der Waals surface area contributed by atoms with E-state index in [1.807, 2.05) is 47.8 Å². The van der Waals surface area contributed by atoms with Gasteiger partial charge in [0.1, 0.15) is 0 Å². The van der Waals surface area contributed by atoms with Crippen molar-refractivity contribution in [2.24, 2.45) is 5.10 Å². The smallest absolute Gasteiger partial charge is 0.267 e. The minimum Gasteiger partial charge on any atom is -0.267 e. The molecule has 1 N–H and O–H groups in total. The van der Waals surface area contributed by atoms with Crippen LogP contribution in [-0.4, -0.2) is 16.6 Å². The molecule has 2 heterocycles. The molecular formula is C20H19N3OS. The summed E-state index contributed by atoms with van der Waals surface area (Å²) in [5, 5.41) is 7.22. The van der Waals surface area contributed by atoms with E-state index >= 15 is 0 Å². The van der Waals surface area contributed by atoms with Gasteiger partial charge in [0.05, 0.1) is 21.7 Å². The molecule has 1 aromatic carbocycles. The summed E-state index contributed by atoms with van der Waals surface area (Å²) >= 11 is 1.62. The number of carbonyl (C=O) groups excluding carboxylic acids is 1. The average Bonchev–Trinajstić information content (AvgIpc) is 3.21. The molecule has 4 rings (SSSR count). The number of benzene rings is 1. The van der Waals surface area contributed by atoms with Crippen LogP contribution >= 0.6 is 11.3 Å². The number of nitrogens with zero attached hydrogens (tertiary/aromatic N) is 2. The highest BCUT2D eigenvalue weighted by molar-refractivity contribution is 7.13. The SMILES string of the molecule is O=C(NN=C1CCCCC1)c1cc(-c2cccs2)nc2ccccc12. The van der Waals surface area contributed by atoms with Crippen molar-refractivity contribution in [3.05, 3.63) is 53.4 Å². The summed E-state index contributed by atoms with van der Waals surface area (Å²) in [7, 11) is 0. The van der Waals surface area contributed by atoms with E-state index in [9.17, 15) is 4.79 Å². The van der Waals surface area contributed by atoms with Gasteiger partial charge < -0.3 is 0 Å². The van der Waals surface area contributed by atoms with Crippen molar-refractivity contribution in [2.45, 2.75) is 32.1 Å². The molecule has 0 saturated heterocycles. The lowest BCUT2D eigenvalue weighted by atomic mass is 9.99. The summed E-state index contributed by atoms with van der Waals surface area (Å²) in [5.41, 5.74) is 6.12. The van der Waals surface area contributed by atoms with Gasteiger partial charge in [0, 0.05) is 11.1 Å². The van der Waals surface area contributed by atoms with Crippen LogP contribution in [0.1, 0.15) is 42.5 Å². The van der Waals surface area contributed by atoms with Crippen molar-refractivity contribution in [3.63, 3.8) is 0 Å². The van der Waals surface area contributed by atoms with Crippen LogP contribution in [0.5, 0.6) is 0 Å². The van der Waals surface area contributed by atoms with Crippen LogP contribution < -0.4 is 5.43 Å². The van der Waals surface area contributed by atoms with Crippen LogP contribution in [0, 0.1) is 0 Å². The van der Waals surface area contributed by atoms with E-state index in [1.54, 1.807) is 11.3 Å². The molecular weight excluding hydrogens is 330 g/mol. The number of hydrogen-bond acceptors (Lipinski definition) is 4. The second-order valence-electron chi connectivity index (χ2n) is 6.23. The van der Waals surface area contributed by atoms with E-state index in [0.29, 0.717) is 5.56 Å². The zero-order valence-corrected chi connectivity index (χ0v) is 14.7. The number of hydrazone groups is 1. The number of pyridine rings is 1. The van der Waals surface area contributed by atoms with Gasteiger partial charge in [0.15, 0.2) is 0 Å². The lowest BCUT2D eigenvalue weighted by molar-refractivity contribution is 0.0956. The fraction of sp³-hybridized carbons (Fsp3) is 0.250. The van der Waals surface area contributed by atoms with Gasteiger partial charge in [-0.2, -0.15) is 5.10 Å². The van der Waals surface area contributed by atoms with E-state index < -0.39 is 0 Å². The summed E-state index contributed by atoms with van der Waals surface area (Å²) in [4.78, 5) is 18.5. The number of para-hydroxylation sites is 1. The van der Waals surface area contributed by atoms with E-state index in [4.69, 9.17) is 4.98 Å². The maximum Gasteiger partial charge on any atom is 0.272 e. The Kier molecular flexibility index (Phi) is 4.57. The summed E-state index contributed by atoms with van der Waals surface area (Å²) in [6.07, 6.45) is 5.55. The fourth-order valence-corrected chi connectivity index (χ4v) is 3.86. The first-order valence-corrected chi connectivity index (χ1v) is 9.49. The Labute approximate surface area is 150 Å². The third kappa shape index (κ3) is 3.46. The molecule has 25 heavy (non-hydrogen) atoms. The predicted octanol–water partition coefficient (Wildman–Crippen LogP) is 5.01. The molecule has 5 heteroatoms. The molecule has 126 valence electrons. The number of amides is 1. The standard InChI is InChI=1S/C20H19N3OS/c24-20(23-22-14-7-2-1-3-8-14)16-13-18(19-11-6-12-25-19)21-17-10-5-4-9-15(16)17/h4-6,9-13H,1-3,7-8H2,(H,23,24). The maximum absolute atomic E-state index is 12.8. The van der Waals surface area contributed by atoms with E-state index in [0.717, 1.165) is 52.9 Å². The minimum absolute atomic E-state index is 0.172. The fourth-order valence-electron chi connectivity index (χ4n) is 3.18. The molecule has 0 aliphatic heterocycles. The van der Waals surface area contributed by atoms with E-state index in [2.05, 4.69) is 10.5 Å². The van der Waals surface area contributed by atoms with Crippen LogP contribution in [0.3, 0.4) is 0 Å². The monoisotopic (exact) mass is 349 g/mol. The van der Waals surface area contributed by atoms with Crippen molar-refractivity contribution in [3.8, 4) is 10.6 Å². The first-order chi connectivity index (χ1) is 12.3. The third-order valence-corrected chi connectivity index (χ3v) is 5.37. The van der Waals surface area contributed by atoms with Gasteiger partial charge in [0.25, 0.3) is 5.91 Å². The Morgan fingerprint density at radius 1 is 1.08 bits per heavy atom. The molecule has 1 fully saturated rings. The normalized spacial score (nSPS) is 14.5. The molecule has 0 unspecified atom stereocenters. The molecule has 0 atom stereocenters. The van der Waals surface area contributed by atoms with Crippen molar-refractivity contribution in [2.75, 3.05) is 0 Å². The van der Waals surface area contributed by atoms with Gasteiger partial charge in [-0.1, -0.05) is 30.7 Å².